The Kier molecular flexibility index (Phi) is 6.70. The second kappa shape index (κ2) is 7.41. The van der Waals surface area contributed by atoms with Gasteiger partial charge in [0.1, 0.15) is 0 Å². The molecule has 0 aromatic carbocycles. The van der Waals surface area contributed by atoms with Crippen molar-refractivity contribution in [1.29, 1.82) is 0 Å². The zero-order valence-corrected chi connectivity index (χ0v) is 6.72. The van der Waals surface area contributed by atoms with Crippen LogP contribution in [-0.2, 0) is 19.5 Å². The Morgan fingerprint density at radius 3 is 1.54 bits per heavy atom. The van der Waals surface area contributed by atoms with Crippen LogP contribution in [-0.4, -0.2) is 25.0 Å². The van der Waals surface area contributed by atoms with Gasteiger partial charge in [-0.05, 0) is 25.9 Å². The highest BCUT2D eigenvalue weighted by molar-refractivity contribution is 6.29. The van der Waals surface area contributed by atoms with Crippen LogP contribution in [0.2, 0.25) is 0 Å². The first kappa shape index (κ1) is 11.8. The topological polar surface area (TPSA) is 64.6 Å². The lowest BCUT2D eigenvalue weighted by Crippen LogP contribution is -2.13. The third-order valence-corrected chi connectivity index (χ3v) is 1.26. The standard InChI is InChI=1S/C4H9N.C2F2O4/c1-2-4-5-3-1;3-7-1(5)2(6)8-4/h5H,1-4H2;. The van der Waals surface area contributed by atoms with Crippen molar-refractivity contribution in [3.63, 3.8) is 0 Å². The zero-order valence-electron chi connectivity index (χ0n) is 6.72. The van der Waals surface area contributed by atoms with Gasteiger partial charge in [-0.3, -0.25) is 0 Å². The summed E-state index contributed by atoms with van der Waals surface area (Å²) in [5, 5.41) is 3.22. The molecule has 7 heteroatoms. The Morgan fingerprint density at radius 1 is 1.00 bits per heavy atom. The van der Waals surface area contributed by atoms with Gasteiger partial charge >= 0.3 is 11.9 Å². The van der Waals surface area contributed by atoms with E-state index < -0.39 is 11.9 Å². The number of halogens is 2. The molecule has 1 fully saturated rings. The number of hydrogen-bond donors (Lipinski definition) is 1. The fourth-order valence-corrected chi connectivity index (χ4v) is 0.688. The zero-order chi connectivity index (χ0) is 10.1. The second-order valence-corrected chi connectivity index (χ2v) is 2.19. The first-order valence-corrected chi connectivity index (χ1v) is 3.58. The van der Waals surface area contributed by atoms with Crippen LogP contribution < -0.4 is 5.32 Å². The van der Waals surface area contributed by atoms with E-state index in [-0.39, 0.29) is 0 Å². The summed E-state index contributed by atoms with van der Waals surface area (Å²) in [6.45, 7) is 2.50. The molecule has 13 heavy (non-hydrogen) atoms. The summed E-state index contributed by atoms with van der Waals surface area (Å²) in [4.78, 5) is 23.4. The van der Waals surface area contributed by atoms with E-state index in [0.717, 1.165) is 0 Å². The predicted molar refractivity (Wildman–Crippen MR) is 36.5 cm³/mol. The van der Waals surface area contributed by atoms with E-state index in [0.29, 0.717) is 0 Å². The van der Waals surface area contributed by atoms with Gasteiger partial charge in [-0.25, -0.2) is 19.5 Å². The Morgan fingerprint density at radius 2 is 1.38 bits per heavy atom. The first-order chi connectivity index (χ1) is 6.22. The molecular formula is C6H9F2NO4. The van der Waals surface area contributed by atoms with Crippen LogP contribution in [0.5, 0.6) is 0 Å². The molecule has 1 heterocycles. The number of carbonyl (C=O) groups excluding carboxylic acids is 2. The molecule has 1 aliphatic rings. The molecule has 76 valence electrons. The van der Waals surface area contributed by atoms with Crippen molar-refractivity contribution in [2.24, 2.45) is 0 Å². The normalized spacial score (nSPS) is 14.0. The van der Waals surface area contributed by atoms with Crippen LogP contribution in [0.4, 0.5) is 9.05 Å². The molecule has 0 aliphatic carbocycles. The third-order valence-electron chi connectivity index (χ3n) is 1.26. The summed E-state index contributed by atoms with van der Waals surface area (Å²) in [6.07, 6.45) is 2.78. The van der Waals surface area contributed by atoms with E-state index in [1.54, 1.807) is 0 Å². The monoisotopic (exact) mass is 197 g/mol. The summed E-state index contributed by atoms with van der Waals surface area (Å²) in [5.74, 6) is -4.04. The Hall–Kier alpha value is -1.24. The highest BCUT2D eigenvalue weighted by Gasteiger charge is 2.18. The number of carbonyl (C=O) groups is 2. The maximum absolute atomic E-state index is 10.5. The van der Waals surface area contributed by atoms with Gasteiger partial charge in [0.05, 0.1) is 0 Å². The molecule has 0 spiro atoms. The molecule has 1 N–H and O–H groups in total. The summed E-state index contributed by atoms with van der Waals surface area (Å²) < 4.78 is 21.0. The Bertz CT molecular complexity index is 150. The van der Waals surface area contributed by atoms with Crippen molar-refractivity contribution in [2.45, 2.75) is 12.8 Å². The van der Waals surface area contributed by atoms with E-state index in [1.807, 2.05) is 0 Å². The fourth-order valence-electron chi connectivity index (χ4n) is 0.688. The highest BCUT2D eigenvalue weighted by Crippen LogP contribution is 1.90. The van der Waals surface area contributed by atoms with Gasteiger partial charge in [0, 0.05) is 9.05 Å². The van der Waals surface area contributed by atoms with E-state index >= 15 is 0 Å². The van der Waals surface area contributed by atoms with E-state index in [1.165, 1.54) is 25.9 Å². The fraction of sp³-hybridized carbons (Fsp3) is 0.667. The van der Waals surface area contributed by atoms with Crippen molar-refractivity contribution < 1.29 is 28.5 Å². The minimum Gasteiger partial charge on any atom is -0.317 e. The SMILES string of the molecule is C1CCNC1.O=C(OF)C(=O)OF. The van der Waals surface area contributed by atoms with Crippen molar-refractivity contribution >= 4 is 11.9 Å². The maximum Gasteiger partial charge on any atom is 0.459 e. The quantitative estimate of drug-likeness (QED) is 0.562. The number of nitrogens with one attached hydrogen (secondary N) is 1. The van der Waals surface area contributed by atoms with Gasteiger partial charge in [0.2, 0.25) is 0 Å². The van der Waals surface area contributed by atoms with Crippen molar-refractivity contribution in [3.8, 4) is 0 Å². The minimum absolute atomic E-state index is 1.25. The molecule has 0 unspecified atom stereocenters. The average Bonchev–Trinajstić information content (AvgIpc) is 2.73. The molecule has 1 saturated heterocycles. The number of rotatable bonds is 0. The molecular weight excluding hydrogens is 188 g/mol. The molecule has 1 aliphatic heterocycles. The smallest absolute Gasteiger partial charge is 0.317 e. The average molecular weight is 197 g/mol. The van der Waals surface area contributed by atoms with E-state index in [9.17, 15) is 18.6 Å². The molecule has 1 rings (SSSR count). The molecule has 5 nitrogen and oxygen atoms in total. The van der Waals surface area contributed by atoms with Gasteiger partial charge in [-0.2, -0.15) is 0 Å². The second-order valence-electron chi connectivity index (χ2n) is 2.19. The Balaban J connectivity index is 0.000000243. The maximum atomic E-state index is 10.5. The van der Waals surface area contributed by atoms with Gasteiger partial charge in [-0.1, -0.05) is 0 Å². The summed E-state index contributed by atoms with van der Waals surface area (Å²) >= 11 is 0. The first-order valence-electron chi connectivity index (χ1n) is 3.58. The van der Waals surface area contributed by atoms with Gasteiger partial charge in [0.15, 0.2) is 0 Å². The lowest BCUT2D eigenvalue weighted by Gasteiger charge is -1.82. The minimum atomic E-state index is -2.02. The molecule has 0 radical (unpaired) electrons. The van der Waals surface area contributed by atoms with Gasteiger partial charge in [-0.15, -0.1) is 0 Å². The third kappa shape index (κ3) is 5.97. The molecule has 0 aromatic heterocycles. The van der Waals surface area contributed by atoms with Crippen LogP contribution in [0, 0.1) is 0 Å². The lowest BCUT2D eigenvalue weighted by molar-refractivity contribution is -0.212. The molecule has 0 aromatic rings. The van der Waals surface area contributed by atoms with Crippen LogP contribution >= 0.6 is 0 Å². The summed E-state index contributed by atoms with van der Waals surface area (Å²) in [6, 6.07) is 0. The Labute approximate surface area is 72.8 Å². The van der Waals surface area contributed by atoms with Crippen molar-refractivity contribution in [3.05, 3.63) is 0 Å². The lowest BCUT2D eigenvalue weighted by atomic mass is 10.4. The molecule has 0 amide bonds. The van der Waals surface area contributed by atoms with Crippen molar-refractivity contribution in [2.75, 3.05) is 13.1 Å². The van der Waals surface area contributed by atoms with Crippen LogP contribution in [0.1, 0.15) is 12.8 Å². The van der Waals surface area contributed by atoms with Crippen LogP contribution in [0.3, 0.4) is 0 Å². The highest BCUT2D eigenvalue weighted by atomic mass is 19.3. The van der Waals surface area contributed by atoms with Crippen LogP contribution in [0.15, 0.2) is 0 Å². The summed E-state index contributed by atoms with van der Waals surface area (Å²) in [7, 11) is 0. The van der Waals surface area contributed by atoms with Gasteiger partial charge < -0.3 is 5.32 Å². The summed E-state index contributed by atoms with van der Waals surface area (Å²) in [5.41, 5.74) is 0. The van der Waals surface area contributed by atoms with E-state index in [4.69, 9.17) is 0 Å². The number of hydrogen-bond acceptors (Lipinski definition) is 5. The molecule has 0 atom stereocenters. The van der Waals surface area contributed by atoms with Crippen LogP contribution in [0.25, 0.3) is 0 Å². The van der Waals surface area contributed by atoms with Gasteiger partial charge in [0.25, 0.3) is 0 Å². The van der Waals surface area contributed by atoms with E-state index in [2.05, 4.69) is 15.2 Å². The largest absolute Gasteiger partial charge is 0.459 e. The molecule has 0 saturated carbocycles. The molecule has 0 bridgehead atoms. The van der Waals surface area contributed by atoms with Crippen molar-refractivity contribution in [1.82, 2.24) is 5.32 Å². The predicted octanol–water partition coefficient (Wildman–Crippen LogP) is 0.212.